The Labute approximate surface area is 149 Å². The highest BCUT2D eigenvalue weighted by Gasteiger charge is 2.20. The minimum Gasteiger partial charge on any atom is -0.451 e. The van der Waals surface area contributed by atoms with Crippen LogP contribution >= 0.6 is 0 Å². The second-order valence-electron chi connectivity index (χ2n) is 5.64. The summed E-state index contributed by atoms with van der Waals surface area (Å²) < 4.78 is 6.53. The van der Waals surface area contributed by atoms with Gasteiger partial charge >= 0.3 is 5.97 Å². The maximum atomic E-state index is 12.1. The zero-order chi connectivity index (χ0) is 18.5. The minimum atomic E-state index is -0.729. The molecule has 1 aromatic heterocycles. The van der Waals surface area contributed by atoms with Crippen LogP contribution in [0.1, 0.15) is 18.5 Å². The van der Waals surface area contributed by atoms with Crippen LogP contribution in [0.2, 0.25) is 0 Å². The Morgan fingerprint density at radius 2 is 2.04 bits per heavy atom. The highest BCUT2D eigenvalue weighted by molar-refractivity contribution is 6.37. The molecule has 3 rings (SSSR count). The SMILES string of the molecule is Cc1cc(NC(=O)COC(=O)C2=NNC(=O)CC2)n(-c2ccccc2)n1. The van der Waals surface area contributed by atoms with Crippen molar-refractivity contribution in [1.82, 2.24) is 15.2 Å². The van der Waals surface area contributed by atoms with Crippen molar-refractivity contribution in [2.75, 3.05) is 11.9 Å². The fourth-order valence-corrected chi connectivity index (χ4v) is 2.37. The van der Waals surface area contributed by atoms with E-state index in [-0.39, 0.29) is 24.5 Å². The van der Waals surface area contributed by atoms with E-state index in [0.29, 0.717) is 5.82 Å². The molecule has 0 unspecified atom stereocenters. The van der Waals surface area contributed by atoms with Gasteiger partial charge in [0.1, 0.15) is 11.5 Å². The molecule has 0 atom stereocenters. The van der Waals surface area contributed by atoms with Gasteiger partial charge in [-0.1, -0.05) is 18.2 Å². The third kappa shape index (κ3) is 4.12. The molecule has 134 valence electrons. The molecule has 26 heavy (non-hydrogen) atoms. The molecule has 9 nitrogen and oxygen atoms in total. The maximum Gasteiger partial charge on any atom is 0.355 e. The third-order valence-corrected chi connectivity index (χ3v) is 3.57. The Morgan fingerprint density at radius 3 is 2.73 bits per heavy atom. The van der Waals surface area contributed by atoms with Crippen LogP contribution in [0.25, 0.3) is 5.69 Å². The van der Waals surface area contributed by atoms with E-state index in [9.17, 15) is 14.4 Å². The molecule has 1 aliphatic heterocycles. The lowest BCUT2D eigenvalue weighted by Crippen LogP contribution is -2.32. The molecule has 0 bridgehead atoms. The Kier molecular flexibility index (Phi) is 5.07. The van der Waals surface area contributed by atoms with Crippen molar-refractivity contribution in [1.29, 1.82) is 0 Å². The van der Waals surface area contributed by atoms with E-state index in [1.165, 1.54) is 0 Å². The summed E-state index contributed by atoms with van der Waals surface area (Å²) in [4.78, 5) is 35.0. The van der Waals surface area contributed by atoms with Gasteiger partial charge in [-0.2, -0.15) is 10.2 Å². The Hall–Kier alpha value is -3.49. The molecule has 2 amide bonds. The molecule has 0 aliphatic carbocycles. The summed E-state index contributed by atoms with van der Waals surface area (Å²) in [7, 11) is 0. The number of rotatable bonds is 5. The number of nitrogens with one attached hydrogen (secondary N) is 2. The average Bonchev–Trinajstić information content (AvgIpc) is 3.01. The zero-order valence-corrected chi connectivity index (χ0v) is 14.1. The monoisotopic (exact) mass is 355 g/mol. The number of aromatic nitrogens is 2. The first-order valence-corrected chi connectivity index (χ1v) is 7.97. The van der Waals surface area contributed by atoms with Gasteiger partial charge in [-0.05, 0) is 19.1 Å². The molecular formula is C17H17N5O4. The highest BCUT2D eigenvalue weighted by Crippen LogP contribution is 2.16. The van der Waals surface area contributed by atoms with E-state index < -0.39 is 18.5 Å². The van der Waals surface area contributed by atoms with E-state index >= 15 is 0 Å². The minimum absolute atomic E-state index is 0.0857. The first-order chi connectivity index (χ1) is 12.5. The molecule has 2 heterocycles. The topological polar surface area (TPSA) is 115 Å². The smallest absolute Gasteiger partial charge is 0.355 e. The number of aryl methyl sites for hydroxylation is 1. The van der Waals surface area contributed by atoms with Crippen LogP contribution in [0.5, 0.6) is 0 Å². The number of anilines is 1. The van der Waals surface area contributed by atoms with Crippen molar-refractivity contribution >= 4 is 29.3 Å². The van der Waals surface area contributed by atoms with E-state index in [0.717, 1.165) is 11.4 Å². The van der Waals surface area contributed by atoms with Gasteiger partial charge in [-0.15, -0.1) is 0 Å². The van der Waals surface area contributed by atoms with Crippen LogP contribution in [-0.4, -0.2) is 39.9 Å². The van der Waals surface area contributed by atoms with Crippen molar-refractivity contribution in [2.45, 2.75) is 19.8 Å². The number of nitrogens with zero attached hydrogens (tertiary/aromatic N) is 3. The van der Waals surface area contributed by atoms with Gasteiger partial charge in [0.25, 0.3) is 5.91 Å². The van der Waals surface area contributed by atoms with Gasteiger partial charge in [0, 0.05) is 18.9 Å². The quantitative estimate of drug-likeness (QED) is 0.774. The number of carbonyl (C=O) groups excluding carboxylic acids is 3. The largest absolute Gasteiger partial charge is 0.451 e. The third-order valence-electron chi connectivity index (χ3n) is 3.57. The summed E-state index contributed by atoms with van der Waals surface area (Å²) in [5.41, 5.74) is 3.81. The molecule has 0 radical (unpaired) electrons. The number of para-hydroxylation sites is 1. The van der Waals surface area contributed by atoms with Gasteiger partial charge < -0.3 is 10.1 Å². The molecular weight excluding hydrogens is 338 g/mol. The molecule has 9 heteroatoms. The molecule has 0 fully saturated rings. The molecule has 1 aliphatic rings. The average molecular weight is 355 g/mol. The lowest BCUT2D eigenvalue weighted by atomic mass is 10.2. The van der Waals surface area contributed by atoms with Crippen molar-refractivity contribution in [2.24, 2.45) is 5.10 Å². The van der Waals surface area contributed by atoms with Crippen LogP contribution in [0, 0.1) is 6.92 Å². The Morgan fingerprint density at radius 1 is 1.27 bits per heavy atom. The van der Waals surface area contributed by atoms with Gasteiger partial charge in [-0.25, -0.2) is 14.9 Å². The summed E-state index contributed by atoms with van der Waals surface area (Å²) in [5.74, 6) is -1.02. The number of esters is 1. The lowest BCUT2D eigenvalue weighted by molar-refractivity contribution is -0.140. The van der Waals surface area contributed by atoms with Gasteiger partial charge in [-0.3, -0.25) is 9.59 Å². The van der Waals surface area contributed by atoms with Crippen LogP contribution in [-0.2, 0) is 19.1 Å². The molecule has 2 N–H and O–H groups in total. The standard InChI is InChI=1S/C17H17N5O4/c1-11-9-14(22(21-11)12-5-3-2-4-6-12)18-16(24)10-26-17(25)13-7-8-15(23)20-19-13/h2-6,9H,7-8,10H2,1H3,(H,18,24)(H,20,23). The zero-order valence-electron chi connectivity index (χ0n) is 14.1. The van der Waals surface area contributed by atoms with Crippen LogP contribution in [0.4, 0.5) is 5.82 Å². The summed E-state index contributed by atoms with van der Waals surface area (Å²) >= 11 is 0. The molecule has 0 spiro atoms. The fourth-order valence-electron chi connectivity index (χ4n) is 2.37. The second-order valence-corrected chi connectivity index (χ2v) is 5.64. The number of hydrogen-bond acceptors (Lipinski definition) is 6. The normalized spacial score (nSPS) is 13.6. The van der Waals surface area contributed by atoms with Crippen molar-refractivity contribution < 1.29 is 19.1 Å². The van der Waals surface area contributed by atoms with Gasteiger partial charge in [0.05, 0.1) is 11.4 Å². The van der Waals surface area contributed by atoms with Crippen molar-refractivity contribution in [3.8, 4) is 5.69 Å². The number of amides is 2. The summed E-state index contributed by atoms with van der Waals surface area (Å²) in [6.07, 6.45) is 0.349. The summed E-state index contributed by atoms with van der Waals surface area (Å²) in [5, 5.41) is 10.6. The first-order valence-electron chi connectivity index (χ1n) is 7.97. The van der Waals surface area contributed by atoms with Crippen molar-refractivity contribution in [3.05, 3.63) is 42.1 Å². The number of hydrazone groups is 1. The maximum absolute atomic E-state index is 12.1. The number of ether oxygens (including phenoxy) is 1. The van der Waals surface area contributed by atoms with E-state index in [2.05, 4.69) is 20.9 Å². The molecule has 0 saturated heterocycles. The predicted octanol–water partition coefficient (Wildman–Crippen LogP) is 0.928. The highest BCUT2D eigenvalue weighted by atomic mass is 16.5. The molecule has 1 aromatic carbocycles. The van der Waals surface area contributed by atoms with E-state index in [4.69, 9.17) is 4.74 Å². The van der Waals surface area contributed by atoms with Crippen LogP contribution < -0.4 is 10.7 Å². The summed E-state index contributed by atoms with van der Waals surface area (Å²) in [6.45, 7) is 1.34. The van der Waals surface area contributed by atoms with Gasteiger partial charge in [0.15, 0.2) is 6.61 Å². The Bertz CT molecular complexity index is 873. The number of hydrogen-bond donors (Lipinski definition) is 2. The molecule has 2 aromatic rings. The van der Waals surface area contributed by atoms with E-state index in [1.807, 2.05) is 37.3 Å². The molecule has 0 saturated carbocycles. The van der Waals surface area contributed by atoms with E-state index in [1.54, 1.807) is 10.7 Å². The Balaban J connectivity index is 1.61. The fraction of sp³-hybridized carbons (Fsp3) is 0.235. The number of benzene rings is 1. The number of carbonyl (C=O) groups is 3. The van der Waals surface area contributed by atoms with Crippen LogP contribution in [0.3, 0.4) is 0 Å². The summed E-state index contributed by atoms with van der Waals surface area (Å²) in [6, 6.07) is 11.0. The predicted molar refractivity (Wildman–Crippen MR) is 92.7 cm³/mol. The lowest BCUT2D eigenvalue weighted by Gasteiger charge is -2.12. The second kappa shape index (κ2) is 7.60. The van der Waals surface area contributed by atoms with Crippen molar-refractivity contribution in [3.63, 3.8) is 0 Å². The first kappa shape index (κ1) is 17.3. The van der Waals surface area contributed by atoms with Crippen LogP contribution in [0.15, 0.2) is 41.5 Å². The van der Waals surface area contributed by atoms with Gasteiger partial charge in [0.2, 0.25) is 5.91 Å².